The largest absolute Gasteiger partial charge is 0.318 e. The Bertz CT molecular complexity index is 538. The van der Waals surface area contributed by atoms with E-state index in [1.54, 1.807) is 12.4 Å². The van der Waals surface area contributed by atoms with E-state index in [2.05, 4.69) is 29.4 Å². The second-order valence-corrected chi connectivity index (χ2v) is 4.93. The molecule has 0 saturated carbocycles. The highest BCUT2D eigenvalue weighted by Gasteiger charge is 2.08. The number of aryl methyl sites for hydroxylation is 1. The minimum absolute atomic E-state index is 0.133. The van der Waals surface area contributed by atoms with Crippen LogP contribution in [0.2, 0.25) is 0 Å². The predicted molar refractivity (Wildman–Crippen MR) is 77.0 cm³/mol. The van der Waals surface area contributed by atoms with Gasteiger partial charge in [0.2, 0.25) is 0 Å². The van der Waals surface area contributed by atoms with E-state index in [1.807, 2.05) is 16.7 Å². The van der Waals surface area contributed by atoms with Crippen LogP contribution in [0.1, 0.15) is 25.2 Å². The van der Waals surface area contributed by atoms with Crippen molar-refractivity contribution in [1.82, 2.24) is 20.1 Å². The zero-order valence-electron chi connectivity index (χ0n) is 12.0. The molecule has 1 heterocycles. The van der Waals surface area contributed by atoms with Gasteiger partial charge in [-0.2, -0.15) is 0 Å². The normalized spacial score (nSPS) is 12.6. The molecular formula is C15H21FN4. The minimum atomic E-state index is -0.133. The molecule has 0 bridgehead atoms. The SMILES string of the molecule is CCn1cnnc1CCN[C@H](C)Cc1ccccc1F. The third-order valence-electron chi connectivity index (χ3n) is 3.36. The van der Waals surface area contributed by atoms with Gasteiger partial charge in [-0.05, 0) is 31.9 Å². The smallest absolute Gasteiger partial charge is 0.134 e. The van der Waals surface area contributed by atoms with Gasteiger partial charge in [-0.25, -0.2) is 4.39 Å². The van der Waals surface area contributed by atoms with Gasteiger partial charge in [0.25, 0.3) is 0 Å². The van der Waals surface area contributed by atoms with Crippen LogP contribution in [0.4, 0.5) is 4.39 Å². The van der Waals surface area contributed by atoms with E-state index in [-0.39, 0.29) is 11.9 Å². The highest BCUT2D eigenvalue weighted by Crippen LogP contribution is 2.09. The zero-order valence-corrected chi connectivity index (χ0v) is 12.0. The van der Waals surface area contributed by atoms with Crippen molar-refractivity contribution in [1.29, 1.82) is 0 Å². The van der Waals surface area contributed by atoms with Crippen LogP contribution in [0, 0.1) is 5.82 Å². The molecule has 0 saturated heterocycles. The molecule has 0 amide bonds. The van der Waals surface area contributed by atoms with E-state index in [0.717, 1.165) is 30.9 Å². The summed E-state index contributed by atoms with van der Waals surface area (Å²) < 4.78 is 15.6. The van der Waals surface area contributed by atoms with Crippen LogP contribution in [-0.2, 0) is 19.4 Å². The summed E-state index contributed by atoms with van der Waals surface area (Å²) in [5.41, 5.74) is 0.754. The minimum Gasteiger partial charge on any atom is -0.318 e. The molecule has 1 aromatic heterocycles. The zero-order chi connectivity index (χ0) is 14.4. The van der Waals surface area contributed by atoms with E-state index in [9.17, 15) is 4.39 Å². The fourth-order valence-electron chi connectivity index (χ4n) is 2.23. The molecule has 0 fully saturated rings. The maximum atomic E-state index is 13.5. The van der Waals surface area contributed by atoms with Crippen LogP contribution in [0.5, 0.6) is 0 Å². The average molecular weight is 276 g/mol. The quantitative estimate of drug-likeness (QED) is 0.843. The van der Waals surface area contributed by atoms with Crippen LogP contribution in [0.15, 0.2) is 30.6 Å². The van der Waals surface area contributed by atoms with Gasteiger partial charge in [0.1, 0.15) is 18.0 Å². The molecule has 2 aromatic rings. The van der Waals surface area contributed by atoms with Crippen molar-refractivity contribution in [3.8, 4) is 0 Å². The number of nitrogens with one attached hydrogen (secondary N) is 1. The number of nitrogens with zero attached hydrogens (tertiary/aromatic N) is 3. The van der Waals surface area contributed by atoms with Gasteiger partial charge in [0, 0.05) is 25.6 Å². The van der Waals surface area contributed by atoms with E-state index in [0.29, 0.717) is 6.42 Å². The molecule has 0 aliphatic rings. The van der Waals surface area contributed by atoms with E-state index in [4.69, 9.17) is 0 Å². The molecule has 5 heteroatoms. The fourth-order valence-corrected chi connectivity index (χ4v) is 2.23. The van der Waals surface area contributed by atoms with Gasteiger partial charge in [-0.15, -0.1) is 10.2 Å². The molecule has 1 atom stereocenters. The lowest BCUT2D eigenvalue weighted by atomic mass is 10.1. The Morgan fingerprint density at radius 1 is 1.35 bits per heavy atom. The molecule has 20 heavy (non-hydrogen) atoms. The summed E-state index contributed by atoms with van der Waals surface area (Å²) in [6, 6.07) is 7.15. The highest BCUT2D eigenvalue weighted by molar-refractivity contribution is 5.18. The van der Waals surface area contributed by atoms with Crippen molar-refractivity contribution in [3.63, 3.8) is 0 Å². The Morgan fingerprint density at radius 3 is 2.90 bits per heavy atom. The van der Waals surface area contributed by atoms with Crippen LogP contribution < -0.4 is 5.32 Å². The maximum Gasteiger partial charge on any atom is 0.134 e. The Labute approximate surface area is 119 Å². The number of benzene rings is 1. The third kappa shape index (κ3) is 3.87. The Hall–Kier alpha value is -1.75. The summed E-state index contributed by atoms with van der Waals surface area (Å²) in [6.45, 7) is 5.83. The van der Waals surface area contributed by atoms with Crippen molar-refractivity contribution >= 4 is 0 Å². The van der Waals surface area contributed by atoms with Gasteiger partial charge in [0.15, 0.2) is 0 Å². The molecule has 0 spiro atoms. The fraction of sp³-hybridized carbons (Fsp3) is 0.467. The van der Waals surface area contributed by atoms with Crippen LogP contribution in [0.3, 0.4) is 0 Å². The summed E-state index contributed by atoms with van der Waals surface area (Å²) in [6.07, 6.45) is 3.26. The van der Waals surface area contributed by atoms with Crippen molar-refractivity contribution in [2.45, 2.75) is 39.3 Å². The molecule has 0 aliphatic carbocycles. The van der Waals surface area contributed by atoms with Crippen LogP contribution in [-0.4, -0.2) is 27.4 Å². The van der Waals surface area contributed by atoms with Gasteiger partial charge >= 0.3 is 0 Å². The number of halogens is 1. The molecule has 0 aliphatic heterocycles. The number of rotatable bonds is 7. The summed E-state index contributed by atoms with van der Waals surface area (Å²) in [4.78, 5) is 0. The molecule has 108 valence electrons. The second-order valence-electron chi connectivity index (χ2n) is 4.93. The first kappa shape index (κ1) is 14.7. The number of aromatic nitrogens is 3. The van der Waals surface area contributed by atoms with E-state index < -0.39 is 0 Å². The van der Waals surface area contributed by atoms with E-state index in [1.165, 1.54) is 6.07 Å². The average Bonchev–Trinajstić information content (AvgIpc) is 2.89. The molecule has 1 aromatic carbocycles. The Morgan fingerprint density at radius 2 is 2.15 bits per heavy atom. The number of hydrogen-bond acceptors (Lipinski definition) is 3. The first-order chi connectivity index (χ1) is 9.70. The van der Waals surface area contributed by atoms with Crippen molar-refractivity contribution in [3.05, 3.63) is 47.8 Å². The number of hydrogen-bond donors (Lipinski definition) is 1. The molecule has 4 nitrogen and oxygen atoms in total. The van der Waals surface area contributed by atoms with Crippen LogP contribution >= 0.6 is 0 Å². The van der Waals surface area contributed by atoms with Crippen molar-refractivity contribution < 1.29 is 4.39 Å². The monoisotopic (exact) mass is 276 g/mol. The van der Waals surface area contributed by atoms with Gasteiger partial charge < -0.3 is 9.88 Å². The summed E-state index contributed by atoms with van der Waals surface area (Å²) in [5, 5.41) is 11.4. The molecule has 0 radical (unpaired) electrons. The van der Waals surface area contributed by atoms with Crippen molar-refractivity contribution in [2.75, 3.05) is 6.54 Å². The highest BCUT2D eigenvalue weighted by atomic mass is 19.1. The topological polar surface area (TPSA) is 42.7 Å². The predicted octanol–water partition coefficient (Wildman–Crippen LogP) is 2.20. The Kier molecular flexibility index (Phi) is 5.24. The van der Waals surface area contributed by atoms with Crippen molar-refractivity contribution in [2.24, 2.45) is 0 Å². The lowest BCUT2D eigenvalue weighted by Crippen LogP contribution is -2.30. The molecule has 0 unspecified atom stereocenters. The third-order valence-corrected chi connectivity index (χ3v) is 3.36. The Balaban J connectivity index is 1.78. The summed E-state index contributed by atoms with van der Waals surface area (Å²) in [7, 11) is 0. The molecular weight excluding hydrogens is 255 g/mol. The summed E-state index contributed by atoms with van der Waals surface area (Å²) >= 11 is 0. The molecule has 2 rings (SSSR count). The van der Waals surface area contributed by atoms with Gasteiger partial charge in [0.05, 0.1) is 0 Å². The van der Waals surface area contributed by atoms with Gasteiger partial charge in [-0.1, -0.05) is 18.2 Å². The molecule has 1 N–H and O–H groups in total. The maximum absolute atomic E-state index is 13.5. The summed E-state index contributed by atoms with van der Waals surface area (Å²) in [5.74, 6) is 0.852. The first-order valence-electron chi connectivity index (χ1n) is 7.04. The lowest BCUT2D eigenvalue weighted by molar-refractivity contribution is 0.520. The second kappa shape index (κ2) is 7.14. The lowest BCUT2D eigenvalue weighted by Gasteiger charge is -2.14. The van der Waals surface area contributed by atoms with E-state index >= 15 is 0 Å². The first-order valence-corrected chi connectivity index (χ1v) is 7.04. The standard InChI is InChI=1S/C15H21FN4/c1-3-20-11-18-19-15(20)8-9-17-12(2)10-13-6-4-5-7-14(13)16/h4-7,11-12,17H,3,8-10H2,1-2H3/t12-/m1/s1. The van der Waals surface area contributed by atoms with Gasteiger partial charge in [-0.3, -0.25) is 0 Å². The van der Waals surface area contributed by atoms with Crippen LogP contribution in [0.25, 0.3) is 0 Å².